The quantitative estimate of drug-likeness (QED) is 0.927. The Morgan fingerprint density at radius 2 is 1.96 bits per heavy atom. The fraction of sp³-hybridized carbons (Fsp3) is 0.579. The lowest BCUT2D eigenvalue weighted by Gasteiger charge is -2.46. The summed E-state index contributed by atoms with van der Waals surface area (Å²) >= 11 is 0. The van der Waals surface area contributed by atoms with Crippen LogP contribution in [0.15, 0.2) is 30.3 Å². The molecule has 2 bridgehead atoms. The summed E-state index contributed by atoms with van der Waals surface area (Å²) in [5.41, 5.74) is 1.15. The zero-order valence-corrected chi connectivity index (χ0v) is 14.0. The number of nitrogens with zero attached hydrogens (tertiary/aromatic N) is 2. The van der Waals surface area contributed by atoms with Crippen molar-refractivity contribution < 1.29 is 9.59 Å². The molecule has 24 heavy (non-hydrogen) atoms. The average molecular weight is 327 g/mol. The van der Waals surface area contributed by atoms with E-state index in [2.05, 4.69) is 17.4 Å². The van der Waals surface area contributed by atoms with Gasteiger partial charge in [-0.25, -0.2) is 4.79 Å². The fourth-order valence-electron chi connectivity index (χ4n) is 4.05. The molecule has 5 nitrogen and oxygen atoms in total. The fourth-order valence-corrected chi connectivity index (χ4v) is 4.05. The lowest BCUT2D eigenvalue weighted by Crippen LogP contribution is -2.62. The summed E-state index contributed by atoms with van der Waals surface area (Å²) < 4.78 is 0. The molecule has 4 rings (SSSR count). The Hall–Kier alpha value is -2.04. The van der Waals surface area contributed by atoms with Crippen LogP contribution < -0.4 is 5.32 Å². The number of fused-ring (bicyclic) bond motifs is 2. The Bertz CT molecular complexity index is 614. The second-order valence-electron chi connectivity index (χ2n) is 7.38. The van der Waals surface area contributed by atoms with Crippen LogP contribution >= 0.6 is 0 Å². The normalized spacial score (nSPS) is 26.9. The molecule has 1 N–H and O–H groups in total. The summed E-state index contributed by atoms with van der Waals surface area (Å²) in [7, 11) is 0. The van der Waals surface area contributed by atoms with Crippen LogP contribution in [-0.2, 0) is 11.3 Å². The summed E-state index contributed by atoms with van der Waals surface area (Å²) in [5, 5.41) is 3.09. The topological polar surface area (TPSA) is 52.7 Å². The van der Waals surface area contributed by atoms with Crippen molar-refractivity contribution in [1.29, 1.82) is 0 Å². The predicted octanol–water partition coefficient (Wildman–Crippen LogP) is 2.37. The lowest BCUT2D eigenvalue weighted by molar-refractivity contribution is -0.144. The van der Waals surface area contributed by atoms with Gasteiger partial charge in [0.25, 0.3) is 0 Å². The van der Waals surface area contributed by atoms with Crippen LogP contribution in [0.1, 0.15) is 37.7 Å². The van der Waals surface area contributed by atoms with E-state index >= 15 is 0 Å². The van der Waals surface area contributed by atoms with E-state index in [9.17, 15) is 9.59 Å². The number of benzene rings is 1. The van der Waals surface area contributed by atoms with Gasteiger partial charge in [-0.15, -0.1) is 0 Å². The molecular weight excluding hydrogens is 302 g/mol. The molecule has 1 aromatic carbocycles. The van der Waals surface area contributed by atoms with Gasteiger partial charge in [0.05, 0.1) is 0 Å². The highest BCUT2D eigenvalue weighted by atomic mass is 16.2. The zero-order valence-electron chi connectivity index (χ0n) is 14.0. The van der Waals surface area contributed by atoms with Crippen LogP contribution in [0.2, 0.25) is 0 Å². The third-order valence-electron chi connectivity index (χ3n) is 5.70. The molecule has 3 amide bonds. The first-order valence-corrected chi connectivity index (χ1v) is 9.10. The number of nitrogens with one attached hydrogen (secondary N) is 1. The third-order valence-corrected chi connectivity index (χ3v) is 5.70. The Morgan fingerprint density at radius 3 is 2.67 bits per heavy atom. The van der Waals surface area contributed by atoms with E-state index in [1.165, 1.54) is 6.42 Å². The van der Waals surface area contributed by atoms with Crippen LogP contribution in [0.25, 0.3) is 0 Å². The van der Waals surface area contributed by atoms with Gasteiger partial charge in [-0.2, -0.15) is 0 Å². The molecule has 2 atom stereocenters. The van der Waals surface area contributed by atoms with Gasteiger partial charge in [-0.1, -0.05) is 30.3 Å². The molecule has 0 spiro atoms. The van der Waals surface area contributed by atoms with Crippen molar-refractivity contribution in [2.75, 3.05) is 13.1 Å². The number of hydrogen-bond acceptors (Lipinski definition) is 2. The first-order chi connectivity index (χ1) is 11.7. The molecule has 2 saturated heterocycles. The molecular formula is C19H25N3O2. The van der Waals surface area contributed by atoms with E-state index in [4.69, 9.17) is 0 Å². The number of amides is 3. The minimum absolute atomic E-state index is 0.0435. The monoisotopic (exact) mass is 327 g/mol. The summed E-state index contributed by atoms with van der Waals surface area (Å²) in [6.45, 7) is 2.17. The highest BCUT2D eigenvalue weighted by molar-refractivity contribution is 5.88. The summed E-state index contributed by atoms with van der Waals surface area (Å²) in [6.07, 6.45) is 5.15. The Morgan fingerprint density at radius 1 is 1.17 bits per heavy atom. The minimum Gasteiger partial charge on any atom is -0.336 e. The van der Waals surface area contributed by atoms with Crippen molar-refractivity contribution in [3.63, 3.8) is 0 Å². The Labute approximate surface area is 143 Å². The molecule has 1 saturated carbocycles. The molecule has 128 valence electrons. The molecule has 1 aliphatic carbocycles. The van der Waals surface area contributed by atoms with Crippen LogP contribution in [0, 0.1) is 5.92 Å². The SMILES string of the molecule is O=C1[C@H]2C[C@H](CCN2C(=O)NC2CCC2)CN1Cc1ccccc1. The Kier molecular flexibility index (Phi) is 4.17. The van der Waals surface area contributed by atoms with Gasteiger partial charge in [0.2, 0.25) is 5.91 Å². The van der Waals surface area contributed by atoms with E-state index in [1.54, 1.807) is 4.90 Å². The number of carbonyl (C=O) groups excluding carboxylic acids is 2. The maximum absolute atomic E-state index is 12.9. The van der Waals surface area contributed by atoms with Crippen molar-refractivity contribution in [3.8, 4) is 0 Å². The van der Waals surface area contributed by atoms with Gasteiger partial charge in [-0.05, 0) is 43.6 Å². The van der Waals surface area contributed by atoms with Crippen molar-refractivity contribution in [3.05, 3.63) is 35.9 Å². The first-order valence-electron chi connectivity index (χ1n) is 9.10. The predicted molar refractivity (Wildman–Crippen MR) is 91.2 cm³/mol. The van der Waals surface area contributed by atoms with E-state index < -0.39 is 0 Å². The molecule has 5 heteroatoms. The van der Waals surface area contributed by atoms with Crippen LogP contribution in [-0.4, -0.2) is 46.9 Å². The minimum atomic E-state index is -0.277. The summed E-state index contributed by atoms with van der Waals surface area (Å²) in [4.78, 5) is 29.2. The molecule has 0 radical (unpaired) electrons. The summed E-state index contributed by atoms with van der Waals surface area (Å²) in [6, 6.07) is 10.1. The average Bonchev–Trinajstić information content (AvgIpc) is 2.56. The van der Waals surface area contributed by atoms with Crippen molar-refractivity contribution in [2.45, 2.75) is 50.7 Å². The molecule has 3 fully saturated rings. The second-order valence-corrected chi connectivity index (χ2v) is 7.38. The Balaban J connectivity index is 1.45. The van der Waals surface area contributed by atoms with Crippen molar-refractivity contribution in [1.82, 2.24) is 15.1 Å². The van der Waals surface area contributed by atoms with Gasteiger partial charge in [0, 0.05) is 25.7 Å². The molecule has 3 aliphatic rings. The van der Waals surface area contributed by atoms with Gasteiger partial charge >= 0.3 is 6.03 Å². The highest BCUT2D eigenvalue weighted by Crippen LogP contribution is 2.31. The standard InChI is InChI=1S/C19H25N3O2/c23-18-17-11-15(13-21(18)12-14-5-2-1-3-6-14)9-10-22(17)19(24)20-16-7-4-8-16/h1-3,5-6,15-17H,4,7-13H2,(H,20,24)/t15-,17+/m0/s1. The molecule has 1 aromatic rings. The van der Waals surface area contributed by atoms with Gasteiger partial charge in [0.1, 0.15) is 6.04 Å². The maximum atomic E-state index is 12.9. The molecule has 2 heterocycles. The highest BCUT2D eigenvalue weighted by Gasteiger charge is 2.43. The number of carbonyl (C=O) groups is 2. The zero-order chi connectivity index (χ0) is 16.5. The number of urea groups is 1. The van der Waals surface area contributed by atoms with Crippen LogP contribution in [0.4, 0.5) is 4.79 Å². The molecule has 0 unspecified atom stereocenters. The van der Waals surface area contributed by atoms with Crippen LogP contribution in [0.3, 0.4) is 0 Å². The number of piperidine rings is 2. The number of likely N-dealkylation sites (tertiary alicyclic amines) is 2. The van der Waals surface area contributed by atoms with Gasteiger partial charge in [-0.3, -0.25) is 4.79 Å². The molecule has 2 aliphatic heterocycles. The van der Waals surface area contributed by atoms with Gasteiger partial charge < -0.3 is 15.1 Å². The number of hydrogen-bond donors (Lipinski definition) is 1. The van der Waals surface area contributed by atoms with Crippen molar-refractivity contribution >= 4 is 11.9 Å². The van der Waals surface area contributed by atoms with Crippen LogP contribution in [0.5, 0.6) is 0 Å². The van der Waals surface area contributed by atoms with E-state index in [-0.39, 0.29) is 18.0 Å². The van der Waals surface area contributed by atoms with E-state index in [1.807, 2.05) is 23.1 Å². The van der Waals surface area contributed by atoms with E-state index in [0.29, 0.717) is 25.0 Å². The molecule has 0 aromatic heterocycles. The lowest BCUT2D eigenvalue weighted by atomic mass is 9.85. The summed E-state index contributed by atoms with van der Waals surface area (Å²) in [5.74, 6) is 0.628. The smallest absolute Gasteiger partial charge is 0.318 e. The largest absolute Gasteiger partial charge is 0.336 e. The second kappa shape index (κ2) is 6.46. The third kappa shape index (κ3) is 2.99. The first kappa shape index (κ1) is 15.5. The van der Waals surface area contributed by atoms with E-state index in [0.717, 1.165) is 37.8 Å². The number of rotatable bonds is 3. The maximum Gasteiger partial charge on any atom is 0.318 e. The van der Waals surface area contributed by atoms with Crippen molar-refractivity contribution in [2.24, 2.45) is 5.92 Å². The van der Waals surface area contributed by atoms with Gasteiger partial charge in [0.15, 0.2) is 0 Å².